The number of alkyl halides is 3. The molecule has 1 aromatic heterocycles. The second-order valence-corrected chi connectivity index (χ2v) is 6.19. The summed E-state index contributed by atoms with van der Waals surface area (Å²) in [6, 6.07) is 0.226. The van der Waals surface area contributed by atoms with Gasteiger partial charge in [-0.15, -0.1) is 0 Å². The Hall–Kier alpha value is -2.80. The molecule has 2 heterocycles. The quantitative estimate of drug-likeness (QED) is 0.343. The van der Waals surface area contributed by atoms with Gasteiger partial charge in [-0.05, 0) is 20.8 Å². The highest BCUT2D eigenvalue weighted by Gasteiger charge is 2.60. The summed E-state index contributed by atoms with van der Waals surface area (Å²) in [6.07, 6.45) is -7.87. The Morgan fingerprint density at radius 3 is 2.30 bits per heavy atom. The number of ether oxygens (including phenoxy) is 4. The largest absolute Gasteiger partial charge is 0.466 e. The number of nitrogens with zero attached hydrogens (tertiary/aromatic N) is 2. The zero-order valence-corrected chi connectivity index (χ0v) is 16.2. The van der Waals surface area contributed by atoms with Crippen LogP contribution in [0.25, 0.3) is 0 Å². The van der Waals surface area contributed by atoms with Crippen LogP contribution in [0, 0.1) is 10.1 Å². The molecule has 2 rings (SSSR count). The van der Waals surface area contributed by atoms with Crippen molar-refractivity contribution in [2.45, 2.75) is 51.4 Å². The van der Waals surface area contributed by atoms with Gasteiger partial charge in [0.2, 0.25) is 0 Å². The van der Waals surface area contributed by atoms with E-state index in [1.807, 2.05) is 0 Å². The fraction of sp³-hybridized carbons (Fsp3) is 0.588. The van der Waals surface area contributed by atoms with Crippen molar-refractivity contribution in [3.8, 4) is 0 Å². The Morgan fingerprint density at radius 2 is 1.83 bits per heavy atom. The summed E-state index contributed by atoms with van der Waals surface area (Å²) in [4.78, 5) is 39.2. The number of carbonyl (C=O) groups is 2. The predicted molar refractivity (Wildman–Crippen MR) is 90.9 cm³/mol. The highest BCUT2D eigenvalue weighted by molar-refractivity contribution is 5.90. The predicted octanol–water partition coefficient (Wildman–Crippen LogP) is 2.48. The van der Waals surface area contributed by atoms with E-state index in [0.29, 0.717) is 6.20 Å². The Morgan fingerprint density at radius 1 is 1.23 bits per heavy atom. The lowest BCUT2D eigenvalue weighted by Crippen LogP contribution is -2.59. The molecular weight excluding hydrogens is 417 g/mol. The number of rotatable bonds is 8. The normalized spacial score (nSPS) is 20.6. The number of esters is 2. The highest BCUT2D eigenvalue weighted by atomic mass is 19.4. The summed E-state index contributed by atoms with van der Waals surface area (Å²) in [5.74, 6) is -2.17. The zero-order chi connectivity index (χ0) is 22.7. The topological polar surface area (TPSA) is 127 Å². The van der Waals surface area contributed by atoms with E-state index < -0.39 is 64.4 Å². The Kier molecular flexibility index (Phi) is 6.98. The molecule has 1 aromatic rings. The molecule has 13 heteroatoms. The van der Waals surface area contributed by atoms with E-state index in [4.69, 9.17) is 18.9 Å². The number of aromatic nitrogens is 1. The summed E-state index contributed by atoms with van der Waals surface area (Å²) in [5, 5.41) is 11.6. The molecule has 30 heavy (non-hydrogen) atoms. The van der Waals surface area contributed by atoms with Crippen LogP contribution in [0.1, 0.15) is 38.4 Å². The second-order valence-electron chi connectivity index (χ2n) is 6.19. The molecule has 0 amide bonds. The summed E-state index contributed by atoms with van der Waals surface area (Å²) in [6.45, 7) is 4.10. The molecule has 1 fully saturated rings. The van der Waals surface area contributed by atoms with Gasteiger partial charge >= 0.3 is 18.1 Å². The molecule has 0 N–H and O–H groups in total. The van der Waals surface area contributed by atoms with Crippen LogP contribution in [-0.4, -0.2) is 47.6 Å². The minimum Gasteiger partial charge on any atom is -0.466 e. The van der Waals surface area contributed by atoms with Gasteiger partial charge in [-0.1, -0.05) is 0 Å². The molecule has 1 saturated heterocycles. The standard InChI is InChI=1S/C17H19F3N2O8/c1-4-27-12(23)7-16(14(24)28-5-2,15-29-9(3)30-15)13-11(22(25)26)6-10(8-21-13)17(18,19)20/h6,8-9,15H,4-5,7H2,1-3H3. The van der Waals surface area contributed by atoms with Crippen LogP contribution in [0.4, 0.5) is 18.9 Å². The van der Waals surface area contributed by atoms with E-state index in [2.05, 4.69) is 4.98 Å². The van der Waals surface area contributed by atoms with Gasteiger partial charge in [0.1, 0.15) is 5.69 Å². The van der Waals surface area contributed by atoms with Crippen LogP contribution in [-0.2, 0) is 40.1 Å². The number of carbonyl (C=O) groups excluding carboxylic acids is 2. The third kappa shape index (κ3) is 4.51. The van der Waals surface area contributed by atoms with Gasteiger partial charge in [-0.3, -0.25) is 24.7 Å². The van der Waals surface area contributed by atoms with Crippen molar-refractivity contribution in [2.24, 2.45) is 0 Å². The van der Waals surface area contributed by atoms with Gasteiger partial charge in [0.05, 0.1) is 30.1 Å². The number of nitro groups is 1. The minimum absolute atomic E-state index is 0.0803. The van der Waals surface area contributed by atoms with Crippen LogP contribution in [0.2, 0.25) is 0 Å². The molecule has 1 aliphatic heterocycles. The Labute approximate surface area is 168 Å². The number of hydrogen-bond acceptors (Lipinski definition) is 9. The number of halogens is 3. The third-order valence-electron chi connectivity index (χ3n) is 4.22. The van der Waals surface area contributed by atoms with Gasteiger partial charge in [0.25, 0.3) is 5.69 Å². The first-order valence-electron chi connectivity index (χ1n) is 8.83. The first kappa shape index (κ1) is 23.5. The van der Waals surface area contributed by atoms with Gasteiger partial charge < -0.3 is 18.9 Å². The van der Waals surface area contributed by atoms with Crippen molar-refractivity contribution in [3.63, 3.8) is 0 Å². The van der Waals surface area contributed by atoms with Crippen molar-refractivity contribution in [1.82, 2.24) is 4.98 Å². The summed E-state index contributed by atoms with van der Waals surface area (Å²) >= 11 is 0. The van der Waals surface area contributed by atoms with Crippen LogP contribution in [0.15, 0.2) is 12.3 Å². The molecule has 0 spiro atoms. The lowest BCUT2D eigenvalue weighted by molar-refractivity contribution is -0.402. The molecular formula is C17H19F3N2O8. The van der Waals surface area contributed by atoms with E-state index >= 15 is 0 Å². The molecule has 1 aliphatic rings. The van der Waals surface area contributed by atoms with E-state index in [1.165, 1.54) is 20.8 Å². The molecule has 0 bridgehead atoms. The monoisotopic (exact) mass is 436 g/mol. The van der Waals surface area contributed by atoms with Crippen molar-refractivity contribution >= 4 is 17.6 Å². The smallest absolute Gasteiger partial charge is 0.418 e. The molecule has 1 atom stereocenters. The van der Waals surface area contributed by atoms with E-state index in [9.17, 15) is 32.9 Å². The maximum absolute atomic E-state index is 13.1. The van der Waals surface area contributed by atoms with Crippen LogP contribution in [0.3, 0.4) is 0 Å². The number of pyridine rings is 1. The number of hydrogen-bond donors (Lipinski definition) is 0. The van der Waals surface area contributed by atoms with Crippen LogP contribution in [0.5, 0.6) is 0 Å². The SMILES string of the molecule is CCOC(=O)CC(C(=O)OCC)(c1ncc(C(F)(F)F)cc1[N+](=O)[O-])C1OC(C)O1. The second kappa shape index (κ2) is 8.92. The Bertz CT molecular complexity index is 826. The zero-order valence-electron chi connectivity index (χ0n) is 16.2. The van der Waals surface area contributed by atoms with Crippen LogP contribution >= 0.6 is 0 Å². The minimum atomic E-state index is -4.93. The van der Waals surface area contributed by atoms with E-state index in [0.717, 1.165) is 0 Å². The van der Waals surface area contributed by atoms with E-state index in [1.54, 1.807) is 0 Å². The summed E-state index contributed by atoms with van der Waals surface area (Å²) in [5.41, 5.74) is -5.67. The average molecular weight is 436 g/mol. The maximum atomic E-state index is 13.1. The highest BCUT2D eigenvalue weighted by Crippen LogP contribution is 2.45. The summed E-state index contributed by atoms with van der Waals surface area (Å²) < 4.78 is 59.6. The van der Waals surface area contributed by atoms with Crippen molar-refractivity contribution < 1.29 is 46.6 Å². The fourth-order valence-corrected chi connectivity index (χ4v) is 2.93. The fourth-order valence-electron chi connectivity index (χ4n) is 2.93. The lowest BCUT2D eigenvalue weighted by Gasteiger charge is -2.44. The molecule has 0 saturated carbocycles. The lowest BCUT2D eigenvalue weighted by atomic mass is 9.78. The van der Waals surface area contributed by atoms with Gasteiger partial charge in [0.15, 0.2) is 18.0 Å². The van der Waals surface area contributed by atoms with Crippen molar-refractivity contribution in [2.75, 3.05) is 13.2 Å². The summed E-state index contributed by atoms with van der Waals surface area (Å²) in [7, 11) is 0. The van der Waals surface area contributed by atoms with Crippen molar-refractivity contribution in [1.29, 1.82) is 0 Å². The maximum Gasteiger partial charge on any atom is 0.418 e. The third-order valence-corrected chi connectivity index (χ3v) is 4.22. The first-order chi connectivity index (χ1) is 14.0. The molecule has 0 aromatic carbocycles. The van der Waals surface area contributed by atoms with E-state index in [-0.39, 0.29) is 19.3 Å². The molecule has 0 aliphatic carbocycles. The molecule has 0 radical (unpaired) electrons. The Balaban J connectivity index is 2.75. The molecule has 10 nitrogen and oxygen atoms in total. The van der Waals surface area contributed by atoms with Gasteiger partial charge in [-0.2, -0.15) is 13.2 Å². The molecule has 166 valence electrons. The van der Waals surface area contributed by atoms with Gasteiger partial charge in [-0.25, -0.2) is 0 Å². The van der Waals surface area contributed by atoms with Crippen LogP contribution < -0.4 is 0 Å². The molecule has 1 unspecified atom stereocenters. The van der Waals surface area contributed by atoms with Crippen molar-refractivity contribution in [3.05, 3.63) is 33.6 Å². The first-order valence-corrected chi connectivity index (χ1v) is 8.83. The average Bonchev–Trinajstić information content (AvgIpc) is 2.63. The van der Waals surface area contributed by atoms with Gasteiger partial charge in [0, 0.05) is 12.3 Å².